The molecule has 0 unspecified atom stereocenters. The molecule has 0 spiro atoms. The highest BCUT2D eigenvalue weighted by atomic mass is 16.7. The van der Waals surface area contributed by atoms with Crippen molar-refractivity contribution >= 4 is 0 Å². The summed E-state index contributed by atoms with van der Waals surface area (Å²) in [7, 11) is 2.91. The quantitative estimate of drug-likeness (QED) is 0.321. The van der Waals surface area contributed by atoms with Gasteiger partial charge in [-0.2, -0.15) is 0 Å². The van der Waals surface area contributed by atoms with Gasteiger partial charge in [-0.25, -0.2) is 0 Å². The minimum Gasteiger partial charge on any atom is -0.504 e. The van der Waals surface area contributed by atoms with Crippen LogP contribution in [-0.2, 0) is 15.9 Å². The summed E-state index contributed by atoms with van der Waals surface area (Å²) in [4.78, 5) is 0. The maximum absolute atomic E-state index is 10.5. The topological polar surface area (TPSA) is 158 Å². The number of aromatic hydroxyl groups is 2. The van der Waals surface area contributed by atoms with Gasteiger partial charge in [0.05, 0.1) is 27.4 Å². The number of methoxy groups -OCH3 is 2. The molecule has 0 bridgehead atoms. The van der Waals surface area contributed by atoms with Gasteiger partial charge in [-0.3, -0.25) is 0 Å². The summed E-state index contributed by atoms with van der Waals surface area (Å²) in [6.07, 6.45) is -4.74. The summed E-state index contributed by atoms with van der Waals surface area (Å²) in [5.41, 5.74) is 2.45. The van der Waals surface area contributed by atoms with Crippen LogP contribution in [0.3, 0.4) is 0 Å². The van der Waals surface area contributed by atoms with E-state index in [1.165, 1.54) is 20.3 Å². The second-order valence-corrected chi connectivity index (χ2v) is 9.03. The number of aliphatic hydroxyl groups is 4. The molecule has 1 saturated heterocycles. The fourth-order valence-electron chi connectivity index (χ4n) is 5.07. The zero-order chi connectivity index (χ0) is 25.3. The van der Waals surface area contributed by atoms with Gasteiger partial charge in [-0.05, 0) is 59.2 Å². The number of aliphatic hydroxyl groups excluding tert-OH is 4. The molecule has 10 heteroatoms. The molecule has 1 heterocycles. The number of ether oxygens (including phenoxy) is 4. The van der Waals surface area contributed by atoms with Gasteiger partial charge in [0.15, 0.2) is 29.3 Å². The van der Waals surface area contributed by atoms with E-state index in [2.05, 4.69) is 0 Å². The summed E-state index contributed by atoms with van der Waals surface area (Å²) in [6.45, 7) is -0.306. The van der Waals surface area contributed by atoms with Crippen molar-refractivity contribution in [3.63, 3.8) is 0 Å². The van der Waals surface area contributed by atoms with Crippen molar-refractivity contribution in [2.75, 3.05) is 34.0 Å². The monoisotopic (exact) mass is 492 g/mol. The first-order valence-electron chi connectivity index (χ1n) is 11.4. The Morgan fingerprint density at radius 3 is 2.34 bits per heavy atom. The van der Waals surface area contributed by atoms with E-state index < -0.39 is 30.5 Å². The summed E-state index contributed by atoms with van der Waals surface area (Å²) in [5.74, 6) is -0.459. The molecule has 2 aliphatic rings. The van der Waals surface area contributed by atoms with Crippen LogP contribution in [0.2, 0.25) is 0 Å². The van der Waals surface area contributed by atoms with E-state index >= 15 is 0 Å². The van der Waals surface area contributed by atoms with Gasteiger partial charge in [0.25, 0.3) is 0 Å². The third kappa shape index (κ3) is 4.90. The van der Waals surface area contributed by atoms with Gasteiger partial charge in [-0.1, -0.05) is 6.07 Å². The zero-order valence-corrected chi connectivity index (χ0v) is 19.6. The van der Waals surface area contributed by atoms with Crippen molar-refractivity contribution in [2.45, 2.75) is 36.9 Å². The van der Waals surface area contributed by atoms with Gasteiger partial charge in [0.2, 0.25) is 0 Å². The Balaban J connectivity index is 1.73. The highest BCUT2D eigenvalue weighted by Gasteiger charge is 2.42. The average molecular weight is 493 g/mol. The lowest BCUT2D eigenvalue weighted by Crippen LogP contribution is -2.54. The molecule has 10 nitrogen and oxygen atoms in total. The fourth-order valence-corrected chi connectivity index (χ4v) is 5.07. The molecule has 6 N–H and O–H groups in total. The van der Waals surface area contributed by atoms with Crippen LogP contribution in [-0.4, -0.2) is 89.3 Å². The first-order chi connectivity index (χ1) is 16.8. The van der Waals surface area contributed by atoms with Crippen LogP contribution in [0.1, 0.15) is 22.6 Å². The highest BCUT2D eigenvalue weighted by molar-refractivity contribution is 5.53. The standard InChI is InChI=1S/C25H32O10/c1-32-20-6-12(3-4-17(20)27)22-15-8-18(28)21(33-2)7-13(15)5-14(9-26)16(22)10-34-25-24(31)23(30)19(29)11-35-25/h3-4,6-8,14,16,19,22-31H,5,9-11H2,1-2H3/t14-,16-,19-,22-,23-,24-,25+/m0/s1. The van der Waals surface area contributed by atoms with E-state index in [1.54, 1.807) is 24.3 Å². The summed E-state index contributed by atoms with van der Waals surface area (Å²) >= 11 is 0. The Kier molecular flexibility index (Phi) is 7.70. The minimum absolute atomic E-state index is 0.0253. The number of phenolic OH excluding ortho intramolecular Hbond substituents is 2. The number of hydrogen-bond acceptors (Lipinski definition) is 10. The molecule has 35 heavy (non-hydrogen) atoms. The Morgan fingerprint density at radius 2 is 1.66 bits per heavy atom. The molecule has 192 valence electrons. The third-order valence-corrected chi connectivity index (χ3v) is 7.00. The maximum atomic E-state index is 10.5. The molecule has 4 rings (SSSR count). The minimum atomic E-state index is -1.44. The van der Waals surface area contributed by atoms with Crippen molar-refractivity contribution < 1.29 is 49.6 Å². The second kappa shape index (κ2) is 10.6. The van der Waals surface area contributed by atoms with Gasteiger partial charge in [-0.15, -0.1) is 0 Å². The molecule has 0 amide bonds. The first-order valence-corrected chi connectivity index (χ1v) is 11.4. The van der Waals surface area contributed by atoms with Crippen LogP contribution in [0.5, 0.6) is 23.0 Å². The molecule has 2 aromatic carbocycles. The van der Waals surface area contributed by atoms with Gasteiger partial charge >= 0.3 is 0 Å². The van der Waals surface area contributed by atoms with Gasteiger partial charge in [0.1, 0.15) is 18.3 Å². The SMILES string of the molecule is COc1cc([C@H]2c3cc(O)c(OC)cc3C[C@@H](CO)[C@@H]2CO[C@@H]2OC[C@H](O)[C@H](O)[C@@H]2O)ccc1O. The molecule has 1 aliphatic heterocycles. The fraction of sp³-hybridized carbons (Fsp3) is 0.520. The molecule has 7 atom stereocenters. The molecule has 1 fully saturated rings. The van der Waals surface area contributed by atoms with E-state index in [0.29, 0.717) is 12.2 Å². The lowest BCUT2D eigenvalue weighted by atomic mass is 9.67. The first kappa shape index (κ1) is 25.5. The van der Waals surface area contributed by atoms with Crippen LogP contribution in [0.25, 0.3) is 0 Å². The summed E-state index contributed by atoms with van der Waals surface area (Å²) in [5, 5.41) is 60.9. The van der Waals surface area contributed by atoms with Crippen molar-refractivity contribution in [2.24, 2.45) is 11.8 Å². The molecule has 2 aromatic rings. The number of rotatable bonds is 7. The van der Waals surface area contributed by atoms with E-state index in [1.807, 2.05) is 0 Å². The Morgan fingerprint density at radius 1 is 0.943 bits per heavy atom. The van der Waals surface area contributed by atoms with Crippen LogP contribution >= 0.6 is 0 Å². The smallest absolute Gasteiger partial charge is 0.186 e. The van der Waals surface area contributed by atoms with Gasteiger partial charge < -0.3 is 49.6 Å². The van der Waals surface area contributed by atoms with E-state index in [0.717, 1.165) is 16.7 Å². The van der Waals surface area contributed by atoms with Crippen LogP contribution in [0, 0.1) is 11.8 Å². The molecular formula is C25H32O10. The lowest BCUT2D eigenvalue weighted by Gasteiger charge is -2.41. The average Bonchev–Trinajstić information content (AvgIpc) is 2.86. The predicted molar refractivity (Wildman–Crippen MR) is 123 cm³/mol. The Bertz CT molecular complexity index is 1030. The third-order valence-electron chi connectivity index (χ3n) is 7.00. The van der Waals surface area contributed by atoms with E-state index in [9.17, 15) is 30.6 Å². The van der Waals surface area contributed by atoms with Gasteiger partial charge in [0, 0.05) is 12.5 Å². The molecular weight excluding hydrogens is 460 g/mol. The summed E-state index contributed by atoms with van der Waals surface area (Å²) < 4.78 is 21.9. The molecule has 0 radical (unpaired) electrons. The van der Waals surface area contributed by atoms with E-state index in [-0.39, 0.29) is 48.9 Å². The molecule has 0 saturated carbocycles. The van der Waals surface area contributed by atoms with Crippen molar-refractivity contribution in [1.29, 1.82) is 0 Å². The van der Waals surface area contributed by atoms with Crippen LogP contribution < -0.4 is 9.47 Å². The summed E-state index contributed by atoms with van der Waals surface area (Å²) in [6, 6.07) is 8.34. The Labute approximate surface area is 202 Å². The van der Waals surface area contributed by atoms with E-state index in [4.69, 9.17) is 18.9 Å². The number of fused-ring (bicyclic) bond motifs is 1. The predicted octanol–water partition coefficient (Wildman–Crippen LogP) is 0.483. The zero-order valence-electron chi connectivity index (χ0n) is 19.6. The van der Waals surface area contributed by atoms with Crippen molar-refractivity contribution in [1.82, 2.24) is 0 Å². The highest BCUT2D eigenvalue weighted by Crippen LogP contribution is 2.48. The Hall–Kier alpha value is -2.60. The number of phenols is 2. The molecule has 0 aromatic heterocycles. The molecule has 1 aliphatic carbocycles. The van der Waals surface area contributed by atoms with Crippen LogP contribution in [0.4, 0.5) is 0 Å². The lowest BCUT2D eigenvalue weighted by molar-refractivity contribution is -0.274. The largest absolute Gasteiger partial charge is 0.504 e. The second-order valence-electron chi connectivity index (χ2n) is 9.03. The number of hydrogen-bond donors (Lipinski definition) is 6. The number of benzene rings is 2. The van der Waals surface area contributed by atoms with Crippen LogP contribution in [0.15, 0.2) is 30.3 Å². The van der Waals surface area contributed by atoms with Crippen molar-refractivity contribution in [3.8, 4) is 23.0 Å². The maximum Gasteiger partial charge on any atom is 0.186 e. The normalized spacial score (nSPS) is 30.5. The van der Waals surface area contributed by atoms with Crippen molar-refractivity contribution in [3.05, 3.63) is 47.0 Å².